The summed E-state index contributed by atoms with van der Waals surface area (Å²) < 4.78 is 25.6. The van der Waals surface area contributed by atoms with E-state index in [-0.39, 0.29) is 23.8 Å². The van der Waals surface area contributed by atoms with Crippen LogP contribution in [-0.4, -0.2) is 111 Å². The number of aliphatic hydroxyl groups excluding tert-OH is 1. The number of rotatable bonds is 13. The Hall–Kier alpha value is -4.71. The van der Waals surface area contributed by atoms with Crippen molar-refractivity contribution in [3.63, 3.8) is 0 Å². The number of ether oxygens (including phenoxy) is 1. The molecule has 4 aromatic rings. The number of anilines is 1. The van der Waals surface area contributed by atoms with Crippen LogP contribution in [0.5, 0.6) is 0 Å². The highest BCUT2D eigenvalue weighted by atomic mass is 32.2. The van der Waals surface area contributed by atoms with Gasteiger partial charge in [-0.2, -0.15) is 9.46 Å². The number of aryl methyl sites for hydroxylation is 2. The Balaban J connectivity index is 1.23. The van der Waals surface area contributed by atoms with Gasteiger partial charge in [0.1, 0.15) is 5.69 Å². The molecule has 1 aliphatic heterocycles. The first-order valence-corrected chi connectivity index (χ1v) is 18.3. The molecule has 12 nitrogen and oxygen atoms in total. The molecule has 1 unspecified atom stereocenters. The van der Waals surface area contributed by atoms with Crippen molar-refractivity contribution in [2.75, 3.05) is 70.2 Å². The third-order valence-corrected chi connectivity index (χ3v) is 10.5. The summed E-state index contributed by atoms with van der Waals surface area (Å²) >= 11 is 0. The molecule has 0 bridgehead atoms. The highest BCUT2D eigenvalue weighted by Crippen LogP contribution is 2.18. The lowest BCUT2D eigenvalue weighted by Crippen LogP contribution is -2.47. The van der Waals surface area contributed by atoms with Crippen molar-refractivity contribution >= 4 is 27.2 Å². The predicted octanol–water partition coefficient (Wildman–Crippen LogP) is 3.46. The zero-order valence-electron chi connectivity index (χ0n) is 28.5. The van der Waals surface area contributed by atoms with Gasteiger partial charge >= 0.3 is 0 Å². The zero-order chi connectivity index (χ0) is 35.3. The second kappa shape index (κ2) is 17.8. The molecular weight excluding hydrogens is 655 g/mol. The fourth-order valence-electron chi connectivity index (χ4n) is 5.58. The largest absolute Gasteiger partial charge is 0.394 e. The lowest BCUT2D eigenvalue weighted by Gasteiger charge is -2.34. The Labute approximate surface area is 293 Å². The van der Waals surface area contributed by atoms with E-state index in [1.807, 2.05) is 19.1 Å². The van der Waals surface area contributed by atoms with Gasteiger partial charge in [-0.15, -0.1) is 0 Å². The number of hydrogen-bond donors (Lipinski definition) is 2. The fraction of sp³-hybridized carbons (Fsp3) is 0.351. The number of piperazine rings is 1. The van der Waals surface area contributed by atoms with Crippen LogP contribution < -0.4 is 5.32 Å². The quantitative estimate of drug-likeness (QED) is 0.159. The predicted molar refractivity (Wildman–Crippen MR) is 192 cm³/mol. The Bertz CT molecular complexity index is 1950. The summed E-state index contributed by atoms with van der Waals surface area (Å²) in [5.41, 5.74) is 3.13. The highest BCUT2D eigenvalue weighted by Gasteiger charge is 2.20. The molecule has 50 heavy (non-hydrogen) atoms. The molecule has 3 heterocycles. The van der Waals surface area contributed by atoms with Crippen molar-refractivity contribution < 1.29 is 23.6 Å². The van der Waals surface area contributed by atoms with Crippen molar-refractivity contribution in [3.8, 4) is 11.8 Å². The van der Waals surface area contributed by atoms with Crippen LogP contribution in [0.25, 0.3) is 0 Å². The first-order valence-electron chi connectivity index (χ1n) is 16.6. The first kappa shape index (κ1) is 36.6. The molecule has 0 radical (unpaired) electrons. The van der Waals surface area contributed by atoms with E-state index < -0.39 is 15.6 Å². The minimum atomic E-state index is -3.05. The summed E-state index contributed by atoms with van der Waals surface area (Å²) in [6.07, 6.45) is 3.58. The maximum atomic E-state index is 14.3. The number of nitrogens with one attached hydrogen (secondary N) is 1. The average molecular weight is 698 g/mol. The van der Waals surface area contributed by atoms with Gasteiger partial charge in [0.2, 0.25) is 0 Å². The third-order valence-electron chi connectivity index (χ3n) is 8.18. The van der Waals surface area contributed by atoms with Crippen molar-refractivity contribution in [3.05, 3.63) is 107 Å². The maximum Gasteiger partial charge on any atom is 0.286 e. The molecule has 5 rings (SSSR count). The zero-order valence-corrected chi connectivity index (χ0v) is 29.3. The Kier molecular flexibility index (Phi) is 13.0. The van der Waals surface area contributed by atoms with E-state index in [1.165, 1.54) is 10.9 Å². The van der Waals surface area contributed by atoms with Gasteiger partial charge in [-0.1, -0.05) is 36.1 Å². The standard InChI is InChI=1S/C37H43N7O5S/c1-29-24-35(42(2)40-29)37(47)39-33-9-6-8-30(26-33)12-13-31-25-32(28-38-27-31)36(46)41-50(48,34-10-4-3-5-11-34)23-7-14-43-15-17-44(18-16-43)19-21-49-22-20-45/h3-6,8-11,24-28,45H,7,14-23H2,1-2H3,(H,39,47). The normalized spacial score (nSPS) is 14.7. The summed E-state index contributed by atoms with van der Waals surface area (Å²) in [6.45, 7) is 8.02. The Morgan fingerprint density at radius 1 is 0.940 bits per heavy atom. The van der Waals surface area contributed by atoms with Crippen LogP contribution in [0.4, 0.5) is 5.69 Å². The van der Waals surface area contributed by atoms with E-state index in [0.717, 1.165) is 45.0 Å². The lowest BCUT2D eigenvalue weighted by atomic mass is 10.1. The molecule has 2 aromatic carbocycles. The summed E-state index contributed by atoms with van der Waals surface area (Å²) in [7, 11) is -1.33. The molecule has 2 aromatic heterocycles. The first-order chi connectivity index (χ1) is 24.2. The minimum Gasteiger partial charge on any atom is -0.394 e. The van der Waals surface area contributed by atoms with Crippen molar-refractivity contribution in [1.82, 2.24) is 24.6 Å². The van der Waals surface area contributed by atoms with Gasteiger partial charge in [0.05, 0.1) is 40.8 Å². The van der Waals surface area contributed by atoms with Crippen LogP contribution in [0.15, 0.2) is 88.4 Å². The lowest BCUT2D eigenvalue weighted by molar-refractivity contribution is 0.0577. The van der Waals surface area contributed by atoms with E-state index >= 15 is 0 Å². The topological polar surface area (TPSA) is 142 Å². The molecule has 13 heteroatoms. The Morgan fingerprint density at radius 2 is 1.68 bits per heavy atom. The molecule has 0 aliphatic carbocycles. The van der Waals surface area contributed by atoms with E-state index in [9.17, 15) is 13.8 Å². The fourth-order valence-corrected chi connectivity index (χ4v) is 7.49. The van der Waals surface area contributed by atoms with Crippen LogP contribution in [-0.2, 0) is 21.5 Å². The maximum absolute atomic E-state index is 14.3. The molecule has 1 fully saturated rings. The number of carbonyl (C=O) groups excluding carboxylic acids is 2. The molecule has 2 amide bonds. The summed E-state index contributed by atoms with van der Waals surface area (Å²) in [4.78, 5) is 35.6. The number of nitrogens with zero attached hydrogens (tertiary/aromatic N) is 6. The average Bonchev–Trinajstić information content (AvgIpc) is 3.48. The van der Waals surface area contributed by atoms with E-state index in [1.54, 1.807) is 67.8 Å². The molecule has 0 spiro atoms. The van der Waals surface area contributed by atoms with Crippen molar-refractivity contribution in [2.24, 2.45) is 11.4 Å². The van der Waals surface area contributed by atoms with Crippen LogP contribution in [0.2, 0.25) is 0 Å². The van der Waals surface area contributed by atoms with Gasteiger partial charge in [-0.05, 0) is 62.4 Å². The van der Waals surface area contributed by atoms with Gasteiger partial charge in [0, 0.05) is 79.6 Å². The van der Waals surface area contributed by atoms with Crippen LogP contribution in [0.3, 0.4) is 0 Å². The van der Waals surface area contributed by atoms with E-state index in [2.05, 4.69) is 41.4 Å². The number of hydrogen-bond acceptors (Lipinski definition) is 9. The SMILES string of the molecule is Cc1cc(C(=O)Nc2cccc(C#Cc3cncc(C(=O)N=S(=O)(CCCN4CCN(CCOCCO)CC4)c4ccccc4)c3)c2)n(C)n1. The number of pyridine rings is 1. The molecule has 0 saturated carbocycles. The molecule has 262 valence electrons. The summed E-state index contributed by atoms with van der Waals surface area (Å²) in [5.74, 6) is 5.46. The molecule has 1 saturated heterocycles. The molecular formula is C37H43N7O5S. The van der Waals surface area contributed by atoms with E-state index in [4.69, 9.17) is 9.84 Å². The van der Waals surface area contributed by atoms with Gasteiger partial charge < -0.3 is 20.1 Å². The molecule has 2 N–H and O–H groups in total. The number of amides is 2. The number of aromatic nitrogens is 3. The second-order valence-corrected chi connectivity index (χ2v) is 14.3. The summed E-state index contributed by atoms with van der Waals surface area (Å²) in [5, 5.41) is 16.0. The van der Waals surface area contributed by atoms with Gasteiger partial charge in [0.15, 0.2) is 0 Å². The highest BCUT2D eigenvalue weighted by molar-refractivity contribution is 7.94. The minimum absolute atomic E-state index is 0.0317. The Morgan fingerprint density at radius 3 is 2.40 bits per heavy atom. The summed E-state index contributed by atoms with van der Waals surface area (Å²) in [6, 6.07) is 19.4. The van der Waals surface area contributed by atoms with Crippen molar-refractivity contribution in [2.45, 2.75) is 18.2 Å². The number of carbonyl (C=O) groups is 2. The van der Waals surface area contributed by atoms with Crippen LogP contribution in [0, 0.1) is 18.8 Å². The number of aliphatic hydroxyl groups is 1. The number of benzene rings is 2. The molecule has 1 atom stereocenters. The smallest absolute Gasteiger partial charge is 0.286 e. The van der Waals surface area contributed by atoms with Crippen LogP contribution >= 0.6 is 0 Å². The molecule has 1 aliphatic rings. The second-order valence-electron chi connectivity index (χ2n) is 12.0. The van der Waals surface area contributed by atoms with Crippen LogP contribution in [0.1, 0.15) is 44.1 Å². The third kappa shape index (κ3) is 10.4. The van der Waals surface area contributed by atoms with Gasteiger partial charge in [0.25, 0.3) is 11.8 Å². The van der Waals surface area contributed by atoms with Gasteiger partial charge in [-0.25, -0.2) is 4.21 Å². The van der Waals surface area contributed by atoms with E-state index in [0.29, 0.717) is 47.0 Å². The van der Waals surface area contributed by atoms with Gasteiger partial charge in [-0.3, -0.25) is 24.2 Å². The monoisotopic (exact) mass is 697 g/mol. The van der Waals surface area contributed by atoms with Crippen molar-refractivity contribution in [1.29, 1.82) is 0 Å².